The molecule has 3 aromatic rings. The van der Waals surface area contributed by atoms with E-state index in [0.717, 1.165) is 0 Å². The largest absolute Gasteiger partial charge is 0.290 e. The monoisotopic (exact) mass is 505 g/mol. The Hall–Kier alpha value is -2.90. The molecule has 0 bridgehead atoms. The summed E-state index contributed by atoms with van der Waals surface area (Å²) in [4.78, 5) is 12.5. The van der Waals surface area contributed by atoms with E-state index in [2.05, 4.69) is 26.0 Å². The van der Waals surface area contributed by atoms with Crippen LogP contribution in [0.4, 0.5) is 0 Å². The van der Waals surface area contributed by atoms with Crippen LogP contribution in [0.2, 0.25) is 20.1 Å². The number of halogens is 4. The Bertz CT molecular complexity index is 1200. The standard InChI is InChI=1S/C22H15Cl4N5O/c23-17-8-6-15(19(25)10-17)12-27-30-22(29-21(32)14-4-2-1-3-5-14)31-28-13-16-7-9-18(24)11-20(16)26/h1-13H,(H2,29,30,31,32). The van der Waals surface area contributed by atoms with E-state index in [1.165, 1.54) is 12.4 Å². The molecule has 0 saturated heterocycles. The average molecular weight is 507 g/mol. The molecule has 0 radical (unpaired) electrons. The van der Waals surface area contributed by atoms with E-state index < -0.39 is 5.91 Å². The maximum atomic E-state index is 12.5. The van der Waals surface area contributed by atoms with Crippen molar-refractivity contribution in [3.8, 4) is 0 Å². The van der Waals surface area contributed by atoms with Crippen LogP contribution in [-0.4, -0.2) is 24.3 Å². The second kappa shape index (κ2) is 11.6. The van der Waals surface area contributed by atoms with Crippen LogP contribution >= 0.6 is 46.4 Å². The lowest BCUT2D eigenvalue weighted by Gasteiger charge is -2.07. The van der Waals surface area contributed by atoms with Crippen molar-refractivity contribution in [1.29, 1.82) is 0 Å². The molecule has 1 amide bonds. The van der Waals surface area contributed by atoms with Gasteiger partial charge in [0.05, 0.1) is 22.5 Å². The fourth-order valence-corrected chi connectivity index (χ4v) is 3.28. The maximum absolute atomic E-state index is 12.5. The summed E-state index contributed by atoms with van der Waals surface area (Å²) in [6.45, 7) is 0. The molecule has 162 valence electrons. The Morgan fingerprint density at radius 1 is 0.781 bits per heavy atom. The number of hydrogen-bond donors (Lipinski definition) is 2. The number of hydrogen-bond acceptors (Lipinski definition) is 4. The third kappa shape index (κ3) is 7.07. The number of rotatable bonds is 5. The van der Waals surface area contributed by atoms with Gasteiger partial charge in [0.1, 0.15) is 0 Å². The summed E-state index contributed by atoms with van der Waals surface area (Å²) in [5, 5.41) is 16.5. The summed E-state index contributed by atoms with van der Waals surface area (Å²) < 4.78 is 0. The second-order valence-electron chi connectivity index (χ2n) is 6.21. The Morgan fingerprint density at radius 3 is 1.97 bits per heavy atom. The zero-order valence-corrected chi connectivity index (χ0v) is 19.3. The zero-order valence-electron chi connectivity index (χ0n) is 16.3. The maximum Gasteiger partial charge on any atom is 0.258 e. The van der Waals surface area contributed by atoms with E-state index in [0.29, 0.717) is 36.8 Å². The van der Waals surface area contributed by atoms with Gasteiger partial charge in [0.2, 0.25) is 5.96 Å². The third-order valence-corrected chi connectivity index (χ3v) is 5.05. The molecule has 3 rings (SSSR count). The van der Waals surface area contributed by atoms with Crippen LogP contribution in [0.1, 0.15) is 21.5 Å². The van der Waals surface area contributed by atoms with Crippen molar-refractivity contribution in [2.75, 3.05) is 0 Å². The molecule has 3 aromatic carbocycles. The molecule has 0 unspecified atom stereocenters. The lowest BCUT2D eigenvalue weighted by Crippen LogP contribution is -2.38. The van der Waals surface area contributed by atoms with Gasteiger partial charge in [-0.15, -0.1) is 5.10 Å². The van der Waals surface area contributed by atoms with Gasteiger partial charge in [-0.2, -0.15) is 10.2 Å². The van der Waals surface area contributed by atoms with Crippen LogP contribution in [0.25, 0.3) is 0 Å². The molecule has 32 heavy (non-hydrogen) atoms. The first-order valence-corrected chi connectivity index (χ1v) is 10.6. The van der Waals surface area contributed by atoms with Crippen molar-refractivity contribution in [3.05, 3.63) is 104 Å². The van der Waals surface area contributed by atoms with E-state index in [1.807, 2.05) is 6.07 Å². The Morgan fingerprint density at radius 2 is 1.38 bits per heavy atom. The topological polar surface area (TPSA) is 78.2 Å². The minimum atomic E-state index is -0.392. The molecule has 0 fully saturated rings. The highest BCUT2D eigenvalue weighted by Gasteiger charge is 2.08. The Labute approximate surface area is 204 Å². The minimum Gasteiger partial charge on any atom is -0.290 e. The summed E-state index contributed by atoms with van der Waals surface area (Å²) in [5.41, 5.74) is 4.31. The number of guanidine groups is 1. The summed E-state index contributed by atoms with van der Waals surface area (Å²) in [5.74, 6) is -0.405. The number of benzene rings is 3. The lowest BCUT2D eigenvalue weighted by atomic mass is 10.2. The zero-order chi connectivity index (χ0) is 22.9. The second-order valence-corrected chi connectivity index (χ2v) is 7.90. The highest BCUT2D eigenvalue weighted by atomic mass is 35.5. The summed E-state index contributed by atoms with van der Waals surface area (Å²) in [6.07, 6.45) is 2.89. The normalized spacial score (nSPS) is 11.8. The molecule has 0 aromatic heterocycles. The summed E-state index contributed by atoms with van der Waals surface area (Å²) >= 11 is 24.1. The predicted molar refractivity (Wildman–Crippen MR) is 133 cm³/mol. The minimum absolute atomic E-state index is 0.0125. The number of carbonyl (C=O) groups excluding carboxylic acids is 1. The quantitative estimate of drug-likeness (QED) is 0.251. The van der Waals surface area contributed by atoms with Crippen molar-refractivity contribution in [1.82, 2.24) is 10.7 Å². The van der Waals surface area contributed by atoms with Crippen LogP contribution in [0, 0.1) is 0 Å². The number of amides is 1. The molecule has 0 aliphatic rings. The molecule has 0 atom stereocenters. The molecule has 0 aliphatic heterocycles. The first kappa shape index (κ1) is 23.8. The SMILES string of the molecule is O=C(NC(=NN=Cc1ccc(Cl)cc1Cl)NN=Cc1ccc(Cl)cc1Cl)c1ccccc1. The van der Waals surface area contributed by atoms with Gasteiger partial charge < -0.3 is 0 Å². The van der Waals surface area contributed by atoms with Crippen LogP contribution < -0.4 is 10.7 Å². The highest BCUT2D eigenvalue weighted by Crippen LogP contribution is 2.20. The third-order valence-electron chi connectivity index (χ3n) is 3.92. The molecule has 2 N–H and O–H groups in total. The average Bonchev–Trinajstić information content (AvgIpc) is 2.77. The molecular formula is C22H15Cl4N5O. The molecule has 0 saturated carbocycles. The molecular weight excluding hydrogens is 492 g/mol. The number of nitrogens with zero attached hydrogens (tertiary/aromatic N) is 3. The molecule has 0 aliphatic carbocycles. The van der Waals surface area contributed by atoms with Crippen molar-refractivity contribution in [2.24, 2.45) is 15.3 Å². The van der Waals surface area contributed by atoms with Crippen molar-refractivity contribution in [2.45, 2.75) is 0 Å². The van der Waals surface area contributed by atoms with Crippen LogP contribution in [-0.2, 0) is 0 Å². The van der Waals surface area contributed by atoms with Gasteiger partial charge in [-0.1, -0.05) is 76.7 Å². The van der Waals surface area contributed by atoms with E-state index in [9.17, 15) is 4.79 Å². The van der Waals surface area contributed by atoms with E-state index in [4.69, 9.17) is 46.4 Å². The summed E-state index contributed by atoms with van der Waals surface area (Å²) in [7, 11) is 0. The first-order valence-electron chi connectivity index (χ1n) is 9.09. The number of nitrogens with one attached hydrogen (secondary N) is 2. The predicted octanol–water partition coefficient (Wildman–Crippen LogP) is 6.04. The highest BCUT2D eigenvalue weighted by molar-refractivity contribution is 6.36. The van der Waals surface area contributed by atoms with Gasteiger partial charge in [-0.05, 0) is 36.4 Å². The van der Waals surface area contributed by atoms with Crippen molar-refractivity contribution in [3.63, 3.8) is 0 Å². The van der Waals surface area contributed by atoms with Crippen LogP contribution in [0.15, 0.2) is 82.0 Å². The fourth-order valence-electron chi connectivity index (χ4n) is 2.37. The van der Waals surface area contributed by atoms with Crippen molar-refractivity contribution >= 4 is 70.7 Å². The number of hydrazone groups is 1. The molecule has 10 heteroatoms. The Kier molecular flexibility index (Phi) is 8.64. The lowest BCUT2D eigenvalue weighted by molar-refractivity contribution is 0.0975. The van der Waals surface area contributed by atoms with Gasteiger partial charge in [-0.3, -0.25) is 10.1 Å². The van der Waals surface area contributed by atoms with Gasteiger partial charge in [0.15, 0.2) is 0 Å². The van der Waals surface area contributed by atoms with Crippen LogP contribution in [0.5, 0.6) is 0 Å². The Balaban J connectivity index is 1.79. The van der Waals surface area contributed by atoms with E-state index in [1.54, 1.807) is 60.7 Å². The number of carbonyl (C=O) groups is 1. The fraction of sp³-hybridized carbons (Fsp3) is 0. The van der Waals surface area contributed by atoms with Gasteiger partial charge in [-0.25, -0.2) is 5.43 Å². The van der Waals surface area contributed by atoms with Crippen LogP contribution in [0.3, 0.4) is 0 Å². The van der Waals surface area contributed by atoms with E-state index >= 15 is 0 Å². The van der Waals surface area contributed by atoms with Gasteiger partial charge in [0, 0.05) is 26.7 Å². The van der Waals surface area contributed by atoms with Crippen molar-refractivity contribution < 1.29 is 4.79 Å². The molecule has 0 spiro atoms. The molecule has 6 nitrogen and oxygen atoms in total. The smallest absolute Gasteiger partial charge is 0.258 e. The first-order chi connectivity index (χ1) is 15.4. The van der Waals surface area contributed by atoms with Gasteiger partial charge >= 0.3 is 0 Å². The molecule has 0 heterocycles. The van der Waals surface area contributed by atoms with Gasteiger partial charge in [0.25, 0.3) is 5.91 Å². The van der Waals surface area contributed by atoms with E-state index in [-0.39, 0.29) is 5.96 Å². The summed E-state index contributed by atoms with van der Waals surface area (Å²) in [6, 6.07) is 18.6.